The Balaban J connectivity index is 1.73. The third kappa shape index (κ3) is 4.49. The van der Waals surface area contributed by atoms with E-state index < -0.39 is 0 Å². The molecule has 1 N–H and O–H groups in total. The number of nitrogens with one attached hydrogen (secondary N) is 1. The van der Waals surface area contributed by atoms with Gasteiger partial charge in [-0.2, -0.15) is 0 Å². The molecule has 3 heteroatoms. The van der Waals surface area contributed by atoms with Crippen LogP contribution in [0.1, 0.15) is 43.7 Å². The van der Waals surface area contributed by atoms with Crippen molar-refractivity contribution in [2.75, 3.05) is 13.2 Å². The minimum absolute atomic E-state index is 0.691. The molecule has 2 nitrogen and oxygen atoms in total. The normalized spacial score (nSPS) is 22.8. The molecule has 1 aliphatic carbocycles. The summed E-state index contributed by atoms with van der Waals surface area (Å²) in [7, 11) is 0. The zero-order valence-corrected chi connectivity index (χ0v) is 14.4. The van der Waals surface area contributed by atoms with E-state index in [1.54, 1.807) is 0 Å². The predicted molar refractivity (Wildman–Crippen MR) is 88.5 cm³/mol. The molecule has 0 saturated heterocycles. The number of aryl methyl sites for hydroxylation is 2. The average molecular weight is 340 g/mol. The molecule has 0 spiro atoms. The molecule has 0 aliphatic heterocycles. The molecule has 1 saturated carbocycles. The first-order valence-corrected chi connectivity index (χ1v) is 8.48. The van der Waals surface area contributed by atoms with Gasteiger partial charge < -0.3 is 10.1 Å². The van der Waals surface area contributed by atoms with Crippen molar-refractivity contribution in [3.05, 3.63) is 27.7 Å². The molecule has 0 amide bonds. The molecule has 0 aromatic heterocycles. The van der Waals surface area contributed by atoms with Crippen LogP contribution in [0.2, 0.25) is 0 Å². The van der Waals surface area contributed by atoms with Gasteiger partial charge in [-0.3, -0.25) is 0 Å². The van der Waals surface area contributed by atoms with E-state index in [0.717, 1.165) is 24.8 Å². The Morgan fingerprint density at radius 1 is 1.25 bits per heavy atom. The fourth-order valence-electron chi connectivity index (χ4n) is 3.04. The number of halogens is 1. The van der Waals surface area contributed by atoms with Crippen molar-refractivity contribution in [1.82, 2.24) is 5.32 Å². The third-order valence-corrected chi connectivity index (χ3v) is 5.40. The second kappa shape index (κ2) is 7.46. The van der Waals surface area contributed by atoms with Gasteiger partial charge in [0.25, 0.3) is 0 Å². The summed E-state index contributed by atoms with van der Waals surface area (Å²) >= 11 is 3.58. The Morgan fingerprint density at radius 3 is 2.60 bits per heavy atom. The summed E-state index contributed by atoms with van der Waals surface area (Å²) in [6.45, 7) is 8.24. The van der Waals surface area contributed by atoms with Crippen LogP contribution in [0.15, 0.2) is 16.6 Å². The van der Waals surface area contributed by atoms with Crippen LogP contribution in [0.5, 0.6) is 5.75 Å². The second-order valence-corrected chi connectivity index (χ2v) is 6.94. The summed E-state index contributed by atoms with van der Waals surface area (Å²) in [5, 5.41) is 3.63. The lowest BCUT2D eigenvalue weighted by molar-refractivity contribution is 0.266. The number of ether oxygens (including phenoxy) is 1. The predicted octanol–water partition coefficient (Wildman–Crippen LogP) is 4.61. The van der Waals surface area contributed by atoms with Crippen LogP contribution in [-0.2, 0) is 0 Å². The van der Waals surface area contributed by atoms with Crippen molar-refractivity contribution in [2.45, 2.75) is 52.5 Å². The van der Waals surface area contributed by atoms with Crippen LogP contribution in [-0.4, -0.2) is 19.2 Å². The quantitative estimate of drug-likeness (QED) is 0.790. The van der Waals surface area contributed by atoms with Crippen molar-refractivity contribution in [1.29, 1.82) is 0 Å². The van der Waals surface area contributed by atoms with Crippen LogP contribution in [0.25, 0.3) is 0 Å². The lowest BCUT2D eigenvalue weighted by Crippen LogP contribution is -2.36. The molecule has 0 bridgehead atoms. The van der Waals surface area contributed by atoms with Crippen LogP contribution >= 0.6 is 15.9 Å². The van der Waals surface area contributed by atoms with Gasteiger partial charge in [-0.1, -0.05) is 35.7 Å². The van der Waals surface area contributed by atoms with E-state index in [1.165, 1.54) is 41.3 Å². The molecule has 2 atom stereocenters. The monoisotopic (exact) mass is 339 g/mol. The van der Waals surface area contributed by atoms with Gasteiger partial charge in [0.15, 0.2) is 0 Å². The second-order valence-electron chi connectivity index (χ2n) is 6.14. The fraction of sp³-hybridized carbons (Fsp3) is 0.647. The number of benzene rings is 1. The van der Waals surface area contributed by atoms with E-state index in [1.807, 2.05) is 0 Å². The highest BCUT2D eigenvalue weighted by atomic mass is 79.9. The van der Waals surface area contributed by atoms with Crippen LogP contribution in [0.3, 0.4) is 0 Å². The molecular formula is C17H26BrNO. The molecule has 2 unspecified atom stereocenters. The van der Waals surface area contributed by atoms with Gasteiger partial charge in [-0.05, 0) is 55.9 Å². The Bertz CT molecular complexity index is 424. The smallest absolute Gasteiger partial charge is 0.119 e. The molecule has 0 heterocycles. The Kier molecular flexibility index (Phi) is 5.91. The first-order chi connectivity index (χ1) is 9.56. The van der Waals surface area contributed by atoms with E-state index in [0.29, 0.717) is 6.04 Å². The largest absolute Gasteiger partial charge is 0.492 e. The number of hydrogen-bond acceptors (Lipinski definition) is 2. The maximum Gasteiger partial charge on any atom is 0.119 e. The van der Waals surface area contributed by atoms with Crippen molar-refractivity contribution in [3.63, 3.8) is 0 Å². The van der Waals surface area contributed by atoms with Gasteiger partial charge >= 0.3 is 0 Å². The van der Waals surface area contributed by atoms with Gasteiger partial charge in [0, 0.05) is 17.1 Å². The van der Waals surface area contributed by atoms with E-state index in [2.05, 4.69) is 54.2 Å². The Labute approximate surface area is 131 Å². The Hall–Kier alpha value is -0.540. The third-order valence-electron chi connectivity index (χ3n) is 4.15. The summed E-state index contributed by atoms with van der Waals surface area (Å²) in [5.41, 5.74) is 2.46. The summed E-state index contributed by atoms with van der Waals surface area (Å²) < 4.78 is 7.04. The maximum absolute atomic E-state index is 5.86. The van der Waals surface area contributed by atoms with Gasteiger partial charge in [0.05, 0.1) is 0 Å². The molecule has 1 aromatic carbocycles. The van der Waals surface area contributed by atoms with Crippen molar-refractivity contribution in [3.8, 4) is 5.75 Å². The fourth-order valence-corrected chi connectivity index (χ4v) is 3.27. The molecule has 1 aliphatic rings. The standard InChI is InChI=1S/C17H26BrNO/c1-12-5-4-6-15(9-12)19-7-8-20-16-10-13(2)17(18)14(3)11-16/h10-12,15,19H,4-9H2,1-3H3. The minimum atomic E-state index is 0.691. The van der Waals surface area contributed by atoms with Gasteiger partial charge in [-0.25, -0.2) is 0 Å². The van der Waals surface area contributed by atoms with Gasteiger partial charge in [0.2, 0.25) is 0 Å². The lowest BCUT2D eigenvalue weighted by Gasteiger charge is -2.27. The van der Waals surface area contributed by atoms with Gasteiger partial charge in [-0.15, -0.1) is 0 Å². The van der Waals surface area contributed by atoms with E-state index in [4.69, 9.17) is 4.74 Å². The highest BCUT2D eigenvalue weighted by Crippen LogP contribution is 2.26. The molecule has 0 radical (unpaired) electrons. The average Bonchev–Trinajstić information content (AvgIpc) is 2.41. The van der Waals surface area contributed by atoms with E-state index in [-0.39, 0.29) is 0 Å². The molecule has 112 valence electrons. The molecule has 1 aromatic rings. The summed E-state index contributed by atoms with van der Waals surface area (Å²) in [6, 6.07) is 4.88. The molecular weight excluding hydrogens is 314 g/mol. The zero-order chi connectivity index (χ0) is 14.5. The van der Waals surface area contributed by atoms with Crippen molar-refractivity contribution < 1.29 is 4.74 Å². The first kappa shape index (κ1) is 15.8. The summed E-state index contributed by atoms with van der Waals surface area (Å²) in [4.78, 5) is 0. The zero-order valence-electron chi connectivity index (χ0n) is 12.8. The highest BCUT2D eigenvalue weighted by Gasteiger charge is 2.17. The summed E-state index contributed by atoms with van der Waals surface area (Å²) in [6.07, 6.45) is 5.40. The SMILES string of the molecule is Cc1cc(OCCNC2CCCC(C)C2)cc(C)c1Br. The first-order valence-electron chi connectivity index (χ1n) is 7.69. The van der Waals surface area contributed by atoms with Crippen LogP contribution < -0.4 is 10.1 Å². The minimum Gasteiger partial charge on any atom is -0.492 e. The topological polar surface area (TPSA) is 21.3 Å². The molecule has 2 rings (SSSR count). The number of hydrogen-bond donors (Lipinski definition) is 1. The highest BCUT2D eigenvalue weighted by molar-refractivity contribution is 9.10. The molecule has 20 heavy (non-hydrogen) atoms. The van der Waals surface area contributed by atoms with Gasteiger partial charge in [0.1, 0.15) is 12.4 Å². The Morgan fingerprint density at radius 2 is 1.95 bits per heavy atom. The summed E-state index contributed by atoms with van der Waals surface area (Å²) in [5.74, 6) is 1.85. The van der Waals surface area contributed by atoms with Crippen LogP contribution in [0.4, 0.5) is 0 Å². The number of rotatable bonds is 5. The van der Waals surface area contributed by atoms with E-state index in [9.17, 15) is 0 Å². The van der Waals surface area contributed by atoms with Crippen LogP contribution in [0, 0.1) is 19.8 Å². The van der Waals surface area contributed by atoms with Crippen molar-refractivity contribution in [2.24, 2.45) is 5.92 Å². The van der Waals surface area contributed by atoms with Crippen molar-refractivity contribution >= 4 is 15.9 Å². The van der Waals surface area contributed by atoms with E-state index >= 15 is 0 Å². The molecule has 1 fully saturated rings. The lowest BCUT2D eigenvalue weighted by atomic mass is 9.87. The maximum atomic E-state index is 5.86.